The van der Waals surface area contributed by atoms with E-state index in [1.807, 2.05) is 30.3 Å². The van der Waals surface area contributed by atoms with Crippen LogP contribution in [0.25, 0.3) is 5.69 Å². The van der Waals surface area contributed by atoms with Gasteiger partial charge >= 0.3 is 0 Å². The Labute approximate surface area is 150 Å². The molecule has 7 nitrogen and oxygen atoms in total. The van der Waals surface area contributed by atoms with E-state index >= 15 is 0 Å². The number of piperazine rings is 1. The van der Waals surface area contributed by atoms with Gasteiger partial charge in [-0.05, 0) is 30.3 Å². The summed E-state index contributed by atoms with van der Waals surface area (Å²) in [5.74, 6) is 0.0617. The number of benzene rings is 1. The fraction of sp³-hybridized carbons (Fsp3) is 0.211. The lowest BCUT2D eigenvalue weighted by molar-refractivity contribution is 0.0515. The molecule has 1 aliphatic rings. The Morgan fingerprint density at radius 1 is 0.846 bits per heavy atom. The van der Waals surface area contributed by atoms with Crippen molar-refractivity contribution in [3.05, 3.63) is 72.4 Å². The molecule has 1 saturated heterocycles. The molecule has 132 valence electrons. The van der Waals surface area contributed by atoms with Crippen LogP contribution in [-0.4, -0.2) is 57.6 Å². The first-order valence-electron chi connectivity index (χ1n) is 8.45. The molecular formula is C19H18N4O3. The number of aromatic nitrogens is 2. The number of carbonyl (C=O) groups excluding carboxylic acids is 2. The van der Waals surface area contributed by atoms with Crippen LogP contribution in [0.4, 0.5) is 0 Å². The van der Waals surface area contributed by atoms with Gasteiger partial charge in [0, 0.05) is 32.4 Å². The van der Waals surface area contributed by atoms with Crippen molar-refractivity contribution in [2.24, 2.45) is 0 Å². The van der Waals surface area contributed by atoms with Crippen molar-refractivity contribution < 1.29 is 14.0 Å². The number of nitrogens with zero attached hydrogens (tertiary/aromatic N) is 4. The Bertz CT molecular complexity index is 894. The van der Waals surface area contributed by atoms with Gasteiger partial charge in [0.05, 0.1) is 12.0 Å². The minimum Gasteiger partial charge on any atom is -0.459 e. The van der Waals surface area contributed by atoms with Gasteiger partial charge in [-0.2, -0.15) is 5.10 Å². The van der Waals surface area contributed by atoms with E-state index in [9.17, 15) is 9.59 Å². The molecule has 2 aromatic heterocycles. The largest absolute Gasteiger partial charge is 0.459 e. The molecule has 3 heterocycles. The third-order valence-electron chi connectivity index (χ3n) is 4.41. The molecule has 7 heteroatoms. The molecule has 0 bridgehead atoms. The number of carbonyl (C=O) groups is 2. The molecule has 0 spiro atoms. The Morgan fingerprint density at radius 2 is 1.54 bits per heavy atom. The molecule has 3 aromatic rings. The third-order valence-corrected chi connectivity index (χ3v) is 4.41. The average Bonchev–Trinajstić information content (AvgIpc) is 3.40. The zero-order valence-corrected chi connectivity index (χ0v) is 14.1. The van der Waals surface area contributed by atoms with Crippen molar-refractivity contribution >= 4 is 11.8 Å². The second kappa shape index (κ2) is 6.87. The second-order valence-electron chi connectivity index (χ2n) is 6.04. The van der Waals surface area contributed by atoms with Crippen LogP contribution >= 0.6 is 0 Å². The first-order valence-corrected chi connectivity index (χ1v) is 8.45. The minimum atomic E-state index is -0.143. The van der Waals surface area contributed by atoms with Gasteiger partial charge in [0.2, 0.25) is 0 Å². The summed E-state index contributed by atoms with van der Waals surface area (Å²) in [6.07, 6.45) is 3.26. The zero-order valence-electron chi connectivity index (χ0n) is 14.1. The fourth-order valence-corrected chi connectivity index (χ4v) is 2.99. The smallest absolute Gasteiger partial charge is 0.289 e. The molecule has 0 aliphatic carbocycles. The van der Waals surface area contributed by atoms with Crippen LogP contribution in [0.1, 0.15) is 21.0 Å². The van der Waals surface area contributed by atoms with Crippen LogP contribution in [0.3, 0.4) is 0 Å². The van der Waals surface area contributed by atoms with Crippen molar-refractivity contribution in [3.63, 3.8) is 0 Å². The van der Waals surface area contributed by atoms with Crippen molar-refractivity contribution in [1.29, 1.82) is 0 Å². The number of para-hydroxylation sites is 1. The molecule has 2 amide bonds. The van der Waals surface area contributed by atoms with E-state index in [0.29, 0.717) is 37.6 Å². The number of rotatable bonds is 3. The molecule has 26 heavy (non-hydrogen) atoms. The van der Waals surface area contributed by atoms with E-state index in [2.05, 4.69) is 5.10 Å². The lowest BCUT2D eigenvalue weighted by atomic mass is 10.2. The van der Waals surface area contributed by atoms with Crippen LogP contribution in [0, 0.1) is 0 Å². The Kier molecular flexibility index (Phi) is 4.27. The highest BCUT2D eigenvalue weighted by molar-refractivity contribution is 5.93. The van der Waals surface area contributed by atoms with Crippen LogP contribution < -0.4 is 0 Å². The van der Waals surface area contributed by atoms with Gasteiger partial charge in [0.15, 0.2) is 11.5 Å². The van der Waals surface area contributed by atoms with Gasteiger partial charge in [-0.3, -0.25) is 9.59 Å². The summed E-state index contributed by atoms with van der Waals surface area (Å²) in [4.78, 5) is 28.4. The summed E-state index contributed by atoms with van der Waals surface area (Å²) in [6.45, 7) is 1.91. The van der Waals surface area contributed by atoms with E-state index in [4.69, 9.17) is 4.42 Å². The van der Waals surface area contributed by atoms with Gasteiger partial charge in [-0.15, -0.1) is 0 Å². The SMILES string of the molecule is O=C(c1ccn(-c2ccccc2)n1)N1CCN(C(=O)c2ccco2)CC1. The van der Waals surface area contributed by atoms with E-state index in [1.54, 1.807) is 38.9 Å². The molecule has 1 fully saturated rings. The maximum absolute atomic E-state index is 12.7. The highest BCUT2D eigenvalue weighted by Crippen LogP contribution is 2.13. The van der Waals surface area contributed by atoms with Crippen LogP contribution in [0.2, 0.25) is 0 Å². The highest BCUT2D eigenvalue weighted by Gasteiger charge is 2.27. The predicted molar refractivity (Wildman–Crippen MR) is 94.1 cm³/mol. The third kappa shape index (κ3) is 3.11. The number of furan rings is 1. The molecule has 0 unspecified atom stereocenters. The molecule has 0 atom stereocenters. The van der Waals surface area contributed by atoms with Gasteiger partial charge in [0.1, 0.15) is 0 Å². The van der Waals surface area contributed by atoms with E-state index in [-0.39, 0.29) is 11.8 Å². The lowest BCUT2D eigenvalue weighted by Crippen LogP contribution is -2.50. The summed E-state index contributed by atoms with van der Waals surface area (Å²) in [5, 5.41) is 4.38. The number of amides is 2. The van der Waals surface area contributed by atoms with E-state index in [1.165, 1.54) is 6.26 Å². The van der Waals surface area contributed by atoms with Crippen LogP contribution in [0.5, 0.6) is 0 Å². The maximum atomic E-state index is 12.7. The molecule has 0 N–H and O–H groups in total. The first kappa shape index (κ1) is 16.1. The van der Waals surface area contributed by atoms with Crippen LogP contribution in [-0.2, 0) is 0 Å². The van der Waals surface area contributed by atoms with E-state index < -0.39 is 0 Å². The second-order valence-corrected chi connectivity index (χ2v) is 6.04. The van der Waals surface area contributed by atoms with Gasteiger partial charge < -0.3 is 14.2 Å². The van der Waals surface area contributed by atoms with E-state index in [0.717, 1.165) is 5.69 Å². The van der Waals surface area contributed by atoms with Crippen LogP contribution in [0.15, 0.2) is 65.4 Å². The van der Waals surface area contributed by atoms with Crippen molar-refractivity contribution in [1.82, 2.24) is 19.6 Å². The molecule has 1 aliphatic heterocycles. The maximum Gasteiger partial charge on any atom is 0.289 e. The zero-order chi connectivity index (χ0) is 17.9. The monoisotopic (exact) mass is 350 g/mol. The Morgan fingerprint density at radius 3 is 2.19 bits per heavy atom. The molecule has 0 radical (unpaired) electrons. The Hall–Kier alpha value is -3.35. The molecule has 4 rings (SSSR count). The van der Waals surface area contributed by atoms with Gasteiger partial charge in [-0.25, -0.2) is 4.68 Å². The fourth-order valence-electron chi connectivity index (χ4n) is 2.99. The minimum absolute atomic E-state index is 0.121. The Balaban J connectivity index is 1.40. The molecule has 0 saturated carbocycles. The summed E-state index contributed by atoms with van der Waals surface area (Å²) in [6, 6.07) is 14.7. The van der Waals surface area contributed by atoms with Gasteiger partial charge in [-0.1, -0.05) is 18.2 Å². The van der Waals surface area contributed by atoms with Crippen molar-refractivity contribution in [3.8, 4) is 5.69 Å². The summed E-state index contributed by atoms with van der Waals surface area (Å²) in [7, 11) is 0. The summed E-state index contributed by atoms with van der Waals surface area (Å²) in [5.41, 5.74) is 1.31. The number of hydrogen-bond acceptors (Lipinski definition) is 4. The summed E-state index contributed by atoms with van der Waals surface area (Å²) < 4.78 is 6.84. The normalized spacial score (nSPS) is 14.5. The summed E-state index contributed by atoms with van der Waals surface area (Å²) >= 11 is 0. The van der Waals surface area contributed by atoms with Crippen molar-refractivity contribution in [2.75, 3.05) is 26.2 Å². The molecular weight excluding hydrogens is 332 g/mol. The average molecular weight is 350 g/mol. The highest BCUT2D eigenvalue weighted by atomic mass is 16.3. The lowest BCUT2D eigenvalue weighted by Gasteiger charge is -2.33. The quantitative estimate of drug-likeness (QED) is 0.725. The first-order chi connectivity index (χ1) is 12.7. The number of hydrogen-bond donors (Lipinski definition) is 0. The predicted octanol–water partition coefficient (Wildman–Crippen LogP) is 2.06. The van der Waals surface area contributed by atoms with Crippen molar-refractivity contribution in [2.45, 2.75) is 0 Å². The standard InChI is InChI=1S/C19H18N4O3/c24-18(16-8-9-23(20-16)15-5-2-1-3-6-15)21-10-12-22(13-11-21)19(25)17-7-4-14-26-17/h1-9,14H,10-13H2. The van der Waals surface area contributed by atoms with Gasteiger partial charge in [0.25, 0.3) is 11.8 Å². The topological polar surface area (TPSA) is 71.6 Å². The molecule has 1 aromatic carbocycles.